The van der Waals surface area contributed by atoms with E-state index in [1.165, 1.54) is 53.7 Å². The molecule has 3 heteroatoms. The quantitative estimate of drug-likeness (QED) is 0.762. The number of likely N-dealkylation sites (tertiary alicyclic amines) is 1. The van der Waals surface area contributed by atoms with Crippen LogP contribution in [-0.4, -0.2) is 23.9 Å². The summed E-state index contributed by atoms with van der Waals surface area (Å²) in [5.74, 6) is 0.841. The van der Waals surface area contributed by atoms with Gasteiger partial charge in [0.15, 0.2) is 0 Å². The Morgan fingerprint density at radius 1 is 1.04 bits per heavy atom. The SMILES string of the molecule is Cc1cc(C)c(C(C)NC(=O)c2ccc(CN3CCC(C)CC3)cc2)cc1C. The van der Waals surface area contributed by atoms with Gasteiger partial charge >= 0.3 is 0 Å². The molecular weight excluding hydrogens is 344 g/mol. The predicted octanol–water partition coefficient (Wildman–Crippen LogP) is 5.33. The molecule has 0 bridgehead atoms. The Morgan fingerprint density at radius 2 is 1.64 bits per heavy atom. The summed E-state index contributed by atoms with van der Waals surface area (Å²) < 4.78 is 0. The normalized spacial score (nSPS) is 16.8. The molecule has 150 valence electrons. The van der Waals surface area contributed by atoms with Crippen LogP contribution in [0.1, 0.15) is 70.9 Å². The zero-order valence-electron chi connectivity index (χ0n) is 18.0. The molecule has 0 radical (unpaired) electrons. The summed E-state index contributed by atoms with van der Waals surface area (Å²) in [7, 11) is 0. The van der Waals surface area contributed by atoms with Crippen molar-refractivity contribution in [3.8, 4) is 0 Å². The molecule has 1 saturated heterocycles. The van der Waals surface area contributed by atoms with E-state index in [2.05, 4.69) is 69.1 Å². The lowest BCUT2D eigenvalue weighted by Crippen LogP contribution is -2.32. The van der Waals surface area contributed by atoms with E-state index in [1.54, 1.807) is 0 Å². The number of aryl methyl sites for hydroxylation is 3. The van der Waals surface area contributed by atoms with Crippen LogP contribution in [0.2, 0.25) is 0 Å². The molecule has 1 atom stereocenters. The van der Waals surface area contributed by atoms with Crippen LogP contribution in [0.15, 0.2) is 36.4 Å². The molecule has 0 saturated carbocycles. The molecule has 28 heavy (non-hydrogen) atoms. The molecule has 0 aliphatic carbocycles. The van der Waals surface area contributed by atoms with Gasteiger partial charge in [-0.2, -0.15) is 0 Å². The summed E-state index contributed by atoms with van der Waals surface area (Å²) in [5, 5.41) is 3.16. The second kappa shape index (κ2) is 8.91. The first-order valence-electron chi connectivity index (χ1n) is 10.5. The van der Waals surface area contributed by atoms with Gasteiger partial charge in [0.05, 0.1) is 6.04 Å². The van der Waals surface area contributed by atoms with Gasteiger partial charge in [-0.3, -0.25) is 9.69 Å². The third-order valence-corrected chi connectivity index (χ3v) is 6.20. The number of nitrogens with zero attached hydrogens (tertiary/aromatic N) is 1. The van der Waals surface area contributed by atoms with Crippen LogP contribution in [0.3, 0.4) is 0 Å². The molecule has 1 fully saturated rings. The fraction of sp³-hybridized carbons (Fsp3) is 0.480. The summed E-state index contributed by atoms with van der Waals surface area (Å²) in [6.07, 6.45) is 2.58. The first-order chi connectivity index (χ1) is 13.3. The van der Waals surface area contributed by atoms with E-state index in [-0.39, 0.29) is 11.9 Å². The minimum absolute atomic E-state index is 0.0107. The van der Waals surface area contributed by atoms with Crippen molar-refractivity contribution in [1.29, 1.82) is 0 Å². The largest absolute Gasteiger partial charge is 0.346 e. The molecule has 1 unspecified atom stereocenters. The van der Waals surface area contributed by atoms with Crippen molar-refractivity contribution in [3.05, 3.63) is 69.8 Å². The highest BCUT2D eigenvalue weighted by Gasteiger charge is 2.17. The van der Waals surface area contributed by atoms with Gasteiger partial charge in [-0.05, 0) is 99.5 Å². The number of nitrogens with one attached hydrogen (secondary N) is 1. The summed E-state index contributed by atoms with van der Waals surface area (Å²) in [5.41, 5.74) is 6.97. The summed E-state index contributed by atoms with van der Waals surface area (Å²) >= 11 is 0. The van der Waals surface area contributed by atoms with Crippen molar-refractivity contribution >= 4 is 5.91 Å². The molecule has 1 heterocycles. The zero-order chi connectivity index (χ0) is 20.3. The maximum Gasteiger partial charge on any atom is 0.251 e. The van der Waals surface area contributed by atoms with Crippen molar-refractivity contribution < 1.29 is 4.79 Å². The Bertz CT molecular complexity index is 817. The first kappa shape index (κ1) is 20.6. The Balaban J connectivity index is 1.61. The van der Waals surface area contributed by atoms with Gasteiger partial charge in [0.1, 0.15) is 0 Å². The number of amides is 1. The van der Waals surface area contributed by atoms with Crippen molar-refractivity contribution in [3.63, 3.8) is 0 Å². The Morgan fingerprint density at radius 3 is 2.29 bits per heavy atom. The third kappa shape index (κ3) is 5.02. The number of piperidine rings is 1. The second-order valence-corrected chi connectivity index (χ2v) is 8.64. The molecule has 1 N–H and O–H groups in total. The minimum Gasteiger partial charge on any atom is -0.346 e. The molecule has 1 aliphatic heterocycles. The van der Waals surface area contributed by atoms with Crippen LogP contribution in [0, 0.1) is 26.7 Å². The molecule has 3 rings (SSSR count). The fourth-order valence-electron chi connectivity index (χ4n) is 4.05. The Kier molecular flexibility index (Phi) is 6.56. The van der Waals surface area contributed by atoms with E-state index in [4.69, 9.17) is 0 Å². The summed E-state index contributed by atoms with van der Waals surface area (Å²) in [6, 6.07) is 12.5. The maximum atomic E-state index is 12.7. The van der Waals surface area contributed by atoms with Crippen LogP contribution in [0.25, 0.3) is 0 Å². The molecule has 1 aliphatic rings. The average Bonchev–Trinajstić information content (AvgIpc) is 2.67. The van der Waals surface area contributed by atoms with E-state index in [1.807, 2.05) is 12.1 Å². The number of carbonyl (C=O) groups excluding carboxylic acids is 1. The zero-order valence-corrected chi connectivity index (χ0v) is 18.0. The minimum atomic E-state index is -0.0122. The molecule has 0 aromatic heterocycles. The number of hydrogen-bond donors (Lipinski definition) is 1. The van der Waals surface area contributed by atoms with Gasteiger partial charge < -0.3 is 5.32 Å². The van der Waals surface area contributed by atoms with Crippen LogP contribution < -0.4 is 5.32 Å². The molecular formula is C25H34N2O. The van der Waals surface area contributed by atoms with Crippen LogP contribution >= 0.6 is 0 Å². The lowest BCUT2D eigenvalue weighted by Gasteiger charge is -2.30. The van der Waals surface area contributed by atoms with Gasteiger partial charge in [-0.15, -0.1) is 0 Å². The topological polar surface area (TPSA) is 32.3 Å². The van der Waals surface area contributed by atoms with Gasteiger partial charge in [0.25, 0.3) is 5.91 Å². The molecule has 0 spiro atoms. The highest BCUT2D eigenvalue weighted by molar-refractivity contribution is 5.94. The standard InChI is InChI=1S/C25H34N2O/c1-17-10-12-27(13-11-17)16-22-6-8-23(9-7-22)25(28)26-21(5)24-15-19(3)18(2)14-20(24)4/h6-9,14-15,17,21H,10-13,16H2,1-5H3,(H,26,28). The Hall–Kier alpha value is -2.13. The van der Waals surface area contributed by atoms with Gasteiger partial charge in [0.2, 0.25) is 0 Å². The highest BCUT2D eigenvalue weighted by Crippen LogP contribution is 2.22. The fourth-order valence-corrected chi connectivity index (χ4v) is 4.05. The van der Waals surface area contributed by atoms with E-state index < -0.39 is 0 Å². The predicted molar refractivity (Wildman–Crippen MR) is 117 cm³/mol. The van der Waals surface area contributed by atoms with E-state index in [0.29, 0.717) is 0 Å². The van der Waals surface area contributed by atoms with E-state index in [9.17, 15) is 4.79 Å². The smallest absolute Gasteiger partial charge is 0.251 e. The maximum absolute atomic E-state index is 12.7. The summed E-state index contributed by atoms with van der Waals surface area (Å²) in [6.45, 7) is 14.1. The number of hydrogen-bond acceptors (Lipinski definition) is 2. The van der Waals surface area contributed by atoms with Crippen molar-refractivity contribution in [1.82, 2.24) is 10.2 Å². The number of carbonyl (C=O) groups is 1. The van der Waals surface area contributed by atoms with Crippen molar-refractivity contribution in [2.45, 2.75) is 60.0 Å². The van der Waals surface area contributed by atoms with E-state index in [0.717, 1.165) is 18.0 Å². The second-order valence-electron chi connectivity index (χ2n) is 8.64. The first-order valence-corrected chi connectivity index (χ1v) is 10.5. The van der Waals surface area contributed by atoms with Crippen LogP contribution in [-0.2, 0) is 6.54 Å². The van der Waals surface area contributed by atoms with Gasteiger partial charge in [-0.25, -0.2) is 0 Å². The van der Waals surface area contributed by atoms with Crippen molar-refractivity contribution in [2.75, 3.05) is 13.1 Å². The average molecular weight is 379 g/mol. The molecule has 3 nitrogen and oxygen atoms in total. The molecule has 1 amide bonds. The van der Waals surface area contributed by atoms with Crippen LogP contribution in [0.4, 0.5) is 0 Å². The van der Waals surface area contributed by atoms with E-state index >= 15 is 0 Å². The highest BCUT2D eigenvalue weighted by atomic mass is 16.1. The summed E-state index contributed by atoms with van der Waals surface area (Å²) in [4.78, 5) is 15.2. The third-order valence-electron chi connectivity index (χ3n) is 6.20. The molecule has 2 aromatic carbocycles. The monoisotopic (exact) mass is 378 g/mol. The van der Waals surface area contributed by atoms with Crippen molar-refractivity contribution in [2.24, 2.45) is 5.92 Å². The van der Waals surface area contributed by atoms with Crippen LogP contribution in [0.5, 0.6) is 0 Å². The van der Waals surface area contributed by atoms with Gasteiger partial charge in [0, 0.05) is 12.1 Å². The number of rotatable bonds is 5. The number of benzene rings is 2. The van der Waals surface area contributed by atoms with Gasteiger partial charge in [-0.1, -0.05) is 31.2 Å². The molecule has 2 aromatic rings. The lowest BCUT2D eigenvalue weighted by molar-refractivity contribution is 0.0939. The Labute approximate surface area is 170 Å². The lowest BCUT2D eigenvalue weighted by atomic mass is 9.96.